The quantitative estimate of drug-likeness (QED) is 0.827. The number of Topliss-reactive ketones (excluding diaryl/α,β-unsaturated/α-hetero) is 1. The number of ketones is 1. The second kappa shape index (κ2) is 6.66. The van der Waals surface area contributed by atoms with E-state index in [1.165, 1.54) is 6.92 Å². The Hall–Kier alpha value is -2.95. The maximum Gasteiger partial charge on any atom is 0.255 e. The molecule has 1 fully saturated rings. The van der Waals surface area contributed by atoms with Gasteiger partial charge in [-0.25, -0.2) is 0 Å². The van der Waals surface area contributed by atoms with Gasteiger partial charge >= 0.3 is 0 Å². The zero-order valence-electron chi connectivity index (χ0n) is 13.3. The number of anilines is 2. The summed E-state index contributed by atoms with van der Waals surface area (Å²) >= 11 is 0. The molecule has 0 heterocycles. The van der Waals surface area contributed by atoms with Gasteiger partial charge in [0.1, 0.15) is 0 Å². The van der Waals surface area contributed by atoms with Crippen LogP contribution in [-0.2, 0) is 4.79 Å². The number of nitrogens with one attached hydrogen (secondary N) is 2. The van der Waals surface area contributed by atoms with Crippen molar-refractivity contribution in [1.82, 2.24) is 0 Å². The molecule has 0 atom stereocenters. The van der Waals surface area contributed by atoms with Gasteiger partial charge in [0.25, 0.3) is 5.91 Å². The number of benzene rings is 2. The number of carbonyl (C=O) groups is 3. The predicted molar refractivity (Wildman–Crippen MR) is 92.2 cm³/mol. The van der Waals surface area contributed by atoms with Crippen molar-refractivity contribution in [2.75, 3.05) is 10.6 Å². The second-order valence-corrected chi connectivity index (χ2v) is 5.94. The monoisotopic (exact) mass is 322 g/mol. The fourth-order valence-corrected chi connectivity index (χ4v) is 2.35. The van der Waals surface area contributed by atoms with Crippen molar-refractivity contribution >= 4 is 29.0 Å². The largest absolute Gasteiger partial charge is 0.326 e. The molecule has 5 heteroatoms. The van der Waals surface area contributed by atoms with Crippen molar-refractivity contribution in [2.45, 2.75) is 19.8 Å². The molecule has 0 bridgehead atoms. The van der Waals surface area contributed by atoms with Crippen LogP contribution in [0.15, 0.2) is 48.5 Å². The summed E-state index contributed by atoms with van der Waals surface area (Å²) in [6.07, 6.45) is 1.86. The van der Waals surface area contributed by atoms with Gasteiger partial charge in [-0.3, -0.25) is 14.4 Å². The molecule has 1 aliphatic rings. The fraction of sp³-hybridized carbons (Fsp3) is 0.211. The average molecular weight is 322 g/mol. The van der Waals surface area contributed by atoms with Gasteiger partial charge in [0.15, 0.2) is 5.78 Å². The van der Waals surface area contributed by atoms with Gasteiger partial charge in [-0.2, -0.15) is 0 Å². The van der Waals surface area contributed by atoms with Gasteiger partial charge in [0.05, 0.1) is 0 Å². The van der Waals surface area contributed by atoms with Crippen LogP contribution in [0.25, 0.3) is 0 Å². The number of hydrogen-bond donors (Lipinski definition) is 2. The van der Waals surface area contributed by atoms with Crippen LogP contribution in [0, 0.1) is 5.92 Å². The molecule has 24 heavy (non-hydrogen) atoms. The fourth-order valence-electron chi connectivity index (χ4n) is 2.35. The second-order valence-electron chi connectivity index (χ2n) is 5.94. The van der Waals surface area contributed by atoms with Crippen LogP contribution in [0.3, 0.4) is 0 Å². The van der Waals surface area contributed by atoms with Crippen LogP contribution in [0.2, 0.25) is 0 Å². The first-order valence-corrected chi connectivity index (χ1v) is 7.86. The van der Waals surface area contributed by atoms with Crippen molar-refractivity contribution in [3.63, 3.8) is 0 Å². The van der Waals surface area contributed by atoms with Crippen molar-refractivity contribution < 1.29 is 14.4 Å². The van der Waals surface area contributed by atoms with E-state index in [-0.39, 0.29) is 23.5 Å². The normalized spacial score (nSPS) is 13.2. The molecule has 2 amide bonds. The first kappa shape index (κ1) is 15.9. The van der Waals surface area contributed by atoms with Crippen molar-refractivity contribution in [3.8, 4) is 0 Å². The molecule has 2 aromatic rings. The van der Waals surface area contributed by atoms with Gasteiger partial charge in [0, 0.05) is 28.4 Å². The van der Waals surface area contributed by atoms with Gasteiger partial charge in [0.2, 0.25) is 5.91 Å². The molecule has 3 rings (SSSR count). The molecule has 0 spiro atoms. The Morgan fingerprint density at radius 2 is 1.46 bits per heavy atom. The SMILES string of the molecule is CC(=O)c1cccc(NC(=O)c2cccc(NC(=O)C3CC3)c2)c1. The maximum atomic E-state index is 12.4. The molecule has 0 radical (unpaired) electrons. The molecule has 0 aliphatic heterocycles. The van der Waals surface area contributed by atoms with E-state index >= 15 is 0 Å². The molecular formula is C19H18N2O3. The van der Waals surface area contributed by atoms with Crippen molar-refractivity contribution in [2.24, 2.45) is 5.92 Å². The summed E-state index contributed by atoms with van der Waals surface area (Å²) in [5.41, 5.74) is 2.15. The summed E-state index contributed by atoms with van der Waals surface area (Å²) in [4.78, 5) is 35.6. The van der Waals surface area contributed by atoms with Crippen LogP contribution >= 0.6 is 0 Å². The van der Waals surface area contributed by atoms with Crippen LogP contribution in [0.4, 0.5) is 11.4 Å². The minimum atomic E-state index is -0.293. The standard InChI is InChI=1S/C19H18N2O3/c1-12(22)14-4-2-6-16(10-14)21-19(24)15-5-3-7-17(11-15)20-18(23)13-8-9-13/h2-7,10-11,13H,8-9H2,1H3,(H,20,23)(H,21,24). The molecule has 2 N–H and O–H groups in total. The maximum absolute atomic E-state index is 12.4. The Balaban J connectivity index is 1.71. The highest BCUT2D eigenvalue weighted by Crippen LogP contribution is 2.30. The molecule has 0 unspecified atom stereocenters. The minimum Gasteiger partial charge on any atom is -0.326 e. The molecule has 2 aromatic carbocycles. The Morgan fingerprint density at radius 1 is 0.875 bits per heavy atom. The lowest BCUT2D eigenvalue weighted by Gasteiger charge is -2.09. The van der Waals surface area contributed by atoms with Gasteiger partial charge in [-0.15, -0.1) is 0 Å². The minimum absolute atomic E-state index is 0.00159. The summed E-state index contributed by atoms with van der Waals surface area (Å²) in [5, 5.41) is 5.59. The number of hydrogen-bond acceptors (Lipinski definition) is 3. The van der Waals surface area contributed by atoms with E-state index in [0.717, 1.165) is 12.8 Å². The Morgan fingerprint density at radius 3 is 2.08 bits per heavy atom. The van der Waals surface area contributed by atoms with Gasteiger partial charge < -0.3 is 10.6 Å². The van der Waals surface area contributed by atoms with E-state index in [1.54, 1.807) is 48.5 Å². The molecule has 1 aliphatic carbocycles. The van der Waals surface area contributed by atoms with E-state index < -0.39 is 0 Å². The van der Waals surface area contributed by atoms with Gasteiger partial charge in [-0.1, -0.05) is 18.2 Å². The summed E-state index contributed by atoms with van der Waals surface area (Å²) < 4.78 is 0. The van der Waals surface area contributed by atoms with Gasteiger partial charge in [-0.05, 0) is 50.1 Å². The summed E-state index contributed by atoms with van der Waals surface area (Å²) in [7, 11) is 0. The van der Waals surface area contributed by atoms with Crippen LogP contribution in [-0.4, -0.2) is 17.6 Å². The lowest BCUT2D eigenvalue weighted by molar-refractivity contribution is -0.117. The highest BCUT2D eigenvalue weighted by molar-refractivity contribution is 6.06. The van der Waals surface area contributed by atoms with Crippen LogP contribution < -0.4 is 10.6 Å². The molecule has 122 valence electrons. The predicted octanol–water partition coefficient (Wildman–Crippen LogP) is 3.49. The zero-order valence-corrected chi connectivity index (χ0v) is 13.3. The first-order valence-electron chi connectivity index (χ1n) is 7.86. The van der Waals surface area contributed by atoms with E-state index in [4.69, 9.17) is 0 Å². The summed E-state index contributed by atoms with van der Waals surface area (Å²) in [6.45, 7) is 1.48. The van der Waals surface area contributed by atoms with Crippen LogP contribution in [0.1, 0.15) is 40.5 Å². The molecule has 1 saturated carbocycles. The Bertz CT molecular complexity index is 810. The number of amides is 2. The lowest BCUT2D eigenvalue weighted by atomic mass is 10.1. The zero-order chi connectivity index (χ0) is 17.1. The third-order valence-corrected chi connectivity index (χ3v) is 3.87. The number of rotatable bonds is 5. The summed E-state index contributed by atoms with van der Waals surface area (Å²) in [6, 6.07) is 13.6. The van der Waals surface area contributed by atoms with Crippen molar-refractivity contribution in [1.29, 1.82) is 0 Å². The Labute approximate surface area is 140 Å². The van der Waals surface area contributed by atoms with E-state index in [0.29, 0.717) is 22.5 Å². The third kappa shape index (κ3) is 3.87. The summed E-state index contributed by atoms with van der Waals surface area (Å²) in [5.74, 6) is -0.243. The van der Waals surface area contributed by atoms with Crippen LogP contribution in [0.5, 0.6) is 0 Å². The Kier molecular flexibility index (Phi) is 4.42. The highest BCUT2D eigenvalue weighted by atomic mass is 16.2. The van der Waals surface area contributed by atoms with E-state index in [9.17, 15) is 14.4 Å². The highest BCUT2D eigenvalue weighted by Gasteiger charge is 2.29. The van der Waals surface area contributed by atoms with E-state index in [1.807, 2.05) is 0 Å². The first-order chi connectivity index (χ1) is 11.5. The van der Waals surface area contributed by atoms with E-state index in [2.05, 4.69) is 10.6 Å². The molecule has 0 aromatic heterocycles. The molecular weight excluding hydrogens is 304 g/mol. The average Bonchev–Trinajstić information content (AvgIpc) is 3.40. The van der Waals surface area contributed by atoms with Crippen molar-refractivity contribution in [3.05, 3.63) is 59.7 Å². The molecule has 5 nitrogen and oxygen atoms in total. The number of carbonyl (C=O) groups excluding carboxylic acids is 3. The smallest absolute Gasteiger partial charge is 0.255 e. The topological polar surface area (TPSA) is 75.3 Å². The lowest BCUT2D eigenvalue weighted by Crippen LogP contribution is -2.15. The molecule has 0 saturated heterocycles. The third-order valence-electron chi connectivity index (χ3n) is 3.87.